The predicted octanol–water partition coefficient (Wildman–Crippen LogP) is 5.07. The van der Waals surface area contributed by atoms with Crippen LogP contribution in [-0.2, 0) is 0 Å². The Balaban J connectivity index is 2.28. The van der Waals surface area contributed by atoms with Gasteiger partial charge in [0.1, 0.15) is 12.0 Å². The third kappa shape index (κ3) is 2.14. The monoisotopic (exact) mass is 313 g/mol. The first-order chi connectivity index (χ1) is 10.9. The van der Waals surface area contributed by atoms with Crippen molar-refractivity contribution in [2.24, 2.45) is 0 Å². The van der Waals surface area contributed by atoms with E-state index in [0.717, 1.165) is 16.8 Å². The maximum absolute atomic E-state index is 14.6. The van der Waals surface area contributed by atoms with Gasteiger partial charge in [0.05, 0.1) is 17.9 Å². The molecule has 3 nitrogen and oxygen atoms in total. The Hall–Kier alpha value is -2.61. The first kappa shape index (κ1) is 15.3. The third-order valence-corrected chi connectivity index (χ3v) is 4.43. The number of nitrogens with zero attached hydrogens (tertiary/aromatic N) is 3. The van der Waals surface area contributed by atoms with Gasteiger partial charge in [0.15, 0.2) is 5.82 Å². The van der Waals surface area contributed by atoms with E-state index >= 15 is 0 Å². The van der Waals surface area contributed by atoms with Gasteiger partial charge in [0.25, 0.3) is 5.69 Å². The maximum Gasteiger partial charge on any atom is 0.259 e. The minimum Gasteiger partial charge on any atom is -0.351 e. The summed E-state index contributed by atoms with van der Waals surface area (Å²) in [6.07, 6.45) is -0.180. The molecule has 23 heavy (non-hydrogen) atoms. The van der Waals surface area contributed by atoms with Crippen LogP contribution in [0.25, 0.3) is 4.85 Å². The Bertz CT molecular complexity index is 839. The van der Waals surface area contributed by atoms with E-state index in [1.165, 1.54) is 6.07 Å². The van der Waals surface area contributed by atoms with Gasteiger partial charge in [-0.3, -0.25) is 0 Å². The predicted molar refractivity (Wildman–Crippen MR) is 88.5 cm³/mol. The fourth-order valence-electron chi connectivity index (χ4n) is 3.08. The lowest BCUT2D eigenvalue weighted by Crippen LogP contribution is -2.36. The zero-order chi connectivity index (χ0) is 16.9. The van der Waals surface area contributed by atoms with Crippen molar-refractivity contribution in [1.29, 1.82) is 0 Å². The molecule has 0 aromatic heterocycles. The summed E-state index contributed by atoms with van der Waals surface area (Å²) in [6.45, 7) is 12.9. The lowest BCUT2D eigenvalue weighted by atomic mass is 10.1. The van der Waals surface area contributed by atoms with Crippen molar-refractivity contribution in [3.8, 4) is 0 Å². The third-order valence-electron chi connectivity index (χ3n) is 4.43. The highest BCUT2D eigenvalue weighted by Gasteiger charge is 2.36. The average Bonchev–Trinajstić information content (AvgIpc) is 2.74. The number of aryl methyl sites for hydroxylation is 2. The van der Waals surface area contributed by atoms with Crippen LogP contribution in [0.1, 0.15) is 18.1 Å². The van der Waals surface area contributed by atoms with Crippen molar-refractivity contribution >= 4 is 22.7 Å². The Kier molecular flexibility index (Phi) is 3.48. The second kappa shape index (κ2) is 5.24. The summed E-state index contributed by atoms with van der Waals surface area (Å²) in [4.78, 5) is 6.64. The molecule has 0 unspecified atom stereocenters. The molecule has 1 aliphatic heterocycles. The molecule has 0 aliphatic carbocycles. The normalized spacial score (nSPS) is 16.5. The number of anilines is 3. The van der Waals surface area contributed by atoms with Gasteiger partial charge < -0.3 is 9.80 Å². The molecule has 1 heterocycles. The minimum atomic E-state index is -0.825. The summed E-state index contributed by atoms with van der Waals surface area (Å²) in [7, 11) is 1.75. The fraction of sp³-hybridized carbons (Fsp3) is 0.278. The fourth-order valence-corrected chi connectivity index (χ4v) is 3.08. The zero-order valence-corrected chi connectivity index (χ0v) is 13.5. The van der Waals surface area contributed by atoms with Crippen LogP contribution in [0.2, 0.25) is 0 Å². The van der Waals surface area contributed by atoms with Gasteiger partial charge in [-0.05, 0) is 44.0 Å². The molecule has 0 amide bonds. The van der Waals surface area contributed by atoms with E-state index in [-0.39, 0.29) is 11.9 Å². The van der Waals surface area contributed by atoms with Gasteiger partial charge in [0, 0.05) is 12.7 Å². The molecule has 0 spiro atoms. The van der Waals surface area contributed by atoms with E-state index < -0.39 is 17.3 Å². The highest BCUT2D eigenvalue weighted by atomic mass is 19.1. The molecule has 3 rings (SSSR count). The zero-order valence-electron chi connectivity index (χ0n) is 13.5. The van der Waals surface area contributed by atoms with Crippen LogP contribution in [0.5, 0.6) is 0 Å². The molecule has 0 fully saturated rings. The van der Waals surface area contributed by atoms with Crippen molar-refractivity contribution in [2.75, 3.05) is 16.8 Å². The number of hydrogen-bond donors (Lipinski definition) is 0. The van der Waals surface area contributed by atoms with E-state index in [2.05, 4.69) is 4.85 Å². The minimum absolute atomic E-state index is 0.180. The topological polar surface area (TPSA) is 10.8 Å². The number of hydrogen-bond acceptors (Lipinski definition) is 2. The second-order valence-corrected chi connectivity index (χ2v) is 5.90. The first-order valence-corrected chi connectivity index (χ1v) is 7.35. The highest BCUT2D eigenvalue weighted by Crippen LogP contribution is 2.48. The standard InChI is InChI=1S/C18H17F2N3/c1-10-6-7-11(2)14(8-10)23-12(3)22(5)18-15(23)9-13(19)17(21-4)16(18)20/h6-9,12H,1-3,5H3/t12-/m0/s1. The van der Waals surface area contributed by atoms with Gasteiger partial charge >= 0.3 is 0 Å². The molecule has 0 radical (unpaired) electrons. The number of fused-ring (bicyclic) bond motifs is 1. The number of rotatable bonds is 1. The highest BCUT2D eigenvalue weighted by molar-refractivity contribution is 5.87. The van der Waals surface area contributed by atoms with Crippen LogP contribution in [0.4, 0.5) is 31.5 Å². The molecule has 2 aromatic carbocycles. The molecule has 1 aliphatic rings. The summed E-state index contributed by atoms with van der Waals surface area (Å²) in [5.41, 5.74) is 3.19. The first-order valence-electron chi connectivity index (χ1n) is 7.35. The summed E-state index contributed by atoms with van der Waals surface area (Å²) in [5, 5.41) is 0. The van der Waals surface area contributed by atoms with E-state index in [1.807, 2.05) is 43.9 Å². The average molecular weight is 313 g/mol. The van der Waals surface area contributed by atoms with Gasteiger partial charge in [-0.1, -0.05) is 12.1 Å². The summed E-state index contributed by atoms with van der Waals surface area (Å²) in [6, 6.07) is 7.27. The Labute approximate surface area is 134 Å². The van der Waals surface area contributed by atoms with Gasteiger partial charge in [-0.25, -0.2) is 13.6 Å². The van der Waals surface area contributed by atoms with Crippen molar-refractivity contribution in [3.63, 3.8) is 0 Å². The van der Waals surface area contributed by atoms with Gasteiger partial charge in [-0.2, -0.15) is 0 Å². The van der Waals surface area contributed by atoms with Crippen LogP contribution in [-0.4, -0.2) is 13.2 Å². The van der Waals surface area contributed by atoms with Crippen LogP contribution >= 0.6 is 0 Å². The molecule has 0 N–H and O–H groups in total. The SMILES string of the molecule is [C-]#[N+]c1c(F)cc2c(c1F)N(C)[C@H](C)N2c1cc(C)ccc1C. The summed E-state index contributed by atoms with van der Waals surface area (Å²) >= 11 is 0. The molecular formula is C18H17F2N3. The molecular weight excluding hydrogens is 296 g/mol. The van der Waals surface area contributed by atoms with Crippen LogP contribution in [0.15, 0.2) is 24.3 Å². The molecule has 1 atom stereocenters. The number of halogens is 2. The molecule has 118 valence electrons. The Morgan fingerprint density at radius 1 is 1.13 bits per heavy atom. The van der Waals surface area contributed by atoms with E-state index in [4.69, 9.17) is 6.57 Å². The lowest BCUT2D eigenvalue weighted by molar-refractivity contribution is 0.594. The van der Waals surface area contributed by atoms with Crippen molar-refractivity contribution in [2.45, 2.75) is 26.9 Å². The van der Waals surface area contributed by atoms with E-state index in [1.54, 1.807) is 11.9 Å². The Morgan fingerprint density at radius 2 is 1.83 bits per heavy atom. The molecule has 0 saturated heterocycles. The largest absolute Gasteiger partial charge is 0.351 e. The number of benzene rings is 2. The lowest BCUT2D eigenvalue weighted by Gasteiger charge is -2.29. The summed E-state index contributed by atoms with van der Waals surface area (Å²) < 4.78 is 28.7. The molecule has 0 saturated carbocycles. The van der Waals surface area contributed by atoms with Crippen molar-refractivity contribution in [1.82, 2.24) is 0 Å². The van der Waals surface area contributed by atoms with Crippen molar-refractivity contribution in [3.05, 3.63) is 58.4 Å². The van der Waals surface area contributed by atoms with Gasteiger partial charge in [-0.15, -0.1) is 0 Å². The maximum atomic E-state index is 14.6. The molecule has 2 aromatic rings. The molecule has 0 bridgehead atoms. The van der Waals surface area contributed by atoms with Gasteiger partial charge in [0.2, 0.25) is 0 Å². The van der Waals surface area contributed by atoms with E-state index in [0.29, 0.717) is 5.69 Å². The summed E-state index contributed by atoms with van der Waals surface area (Å²) in [5.74, 6) is -1.62. The van der Waals surface area contributed by atoms with Crippen LogP contribution in [0.3, 0.4) is 0 Å². The van der Waals surface area contributed by atoms with E-state index in [9.17, 15) is 8.78 Å². The quantitative estimate of drug-likeness (QED) is 0.681. The van der Waals surface area contributed by atoms with Crippen LogP contribution in [0, 0.1) is 32.1 Å². The second-order valence-electron chi connectivity index (χ2n) is 5.90. The molecule has 5 heteroatoms. The van der Waals surface area contributed by atoms with Crippen LogP contribution < -0.4 is 9.80 Å². The Morgan fingerprint density at radius 3 is 2.48 bits per heavy atom. The van der Waals surface area contributed by atoms with Crippen molar-refractivity contribution < 1.29 is 8.78 Å². The smallest absolute Gasteiger partial charge is 0.259 e.